The van der Waals surface area contributed by atoms with Crippen molar-refractivity contribution in [1.82, 2.24) is 4.98 Å². The largest absolute Gasteiger partial charge is 0.331 e. The Morgan fingerprint density at radius 2 is 1.96 bits per heavy atom. The van der Waals surface area contributed by atoms with Gasteiger partial charge in [-0.2, -0.15) is 0 Å². The number of nitrogens with one attached hydrogen (secondary N) is 2. The maximum atomic E-state index is 14.2. The lowest BCUT2D eigenvalue weighted by atomic mass is 9.91. The fraction of sp³-hybridized carbons (Fsp3) is 0.111. The van der Waals surface area contributed by atoms with Crippen LogP contribution in [0.2, 0.25) is 0 Å². The van der Waals surface area contributed by atoms with Gasteiger partial charge in [0.05, 0.1) is 4.88 Å². The molecule has 0 radical (unpaired) electrons. The van der Waals surface area contributed by atoms with Gasteiger partial charge in [0, 0.05) is 24.1 Å². The molecule has 0 fully saturated rings. The molecule has 126 valence electrons. The van der Waals surface area contributed by atoms with E-state index in [9.17, 15) is 13.6 Å². The lowest BCUT2D eigenvalue weighted by Crippen LogP contribution is -2.23. The van der Waals surface area contributed by atoms with Crippen molar-refractivity contribution in [3.05, 3.63) is 70.6 Å². The first-order valence-corrected chi connectivity index (χ1v) is 8.49. The number of amides is 1. The van der Waals surface area contributed by atoms with Crippen LogP contribution in [0, 0.1) is 11.6 Å². The van der Waals surface area contributed by atoms with Crippen molar-refractivity contribution < 1.29 is 13.6 Å². The zero-order valence-electron chi connectivity index (χ0n) is 12.9. The van der Waals surface area contributed by atoms with E-state index in [2.05, 4.69) is 15.6 Å². The van der Waals surface area contributed by atoms with E-state index in [4.69, 9.17) is 0 Å². The highest BCUT2D eigenvalue weighted by Crippen LogP contribution is 2.43. The van der Waals surface area contributed by atoms with Crippen molar-refractivity contribution in [3.8, 4) is 0 Å². The number of rotatable bonds is 3. The lowest BCUT2D eigenvalue weighted by molar-refractivity contribution is -0.116. The number of hydrogen-bond donors (Lipinski definition) is 2. The number of nitrogens with zero attached hydrogens (tertiary/aromatic N) is 1. The SMILES string of the molecule is O=C1CC(c2ccc(F)cc2F)c2sc(Nc3ccccc3)nc2N1. The average molecular weight is 357 g/mol. The summed E-state index contributed by atoms with van der Waals surface area (Å²) in [7, 11) is 0. The highest BCUT2D eigenvalue weighted by Gasteiger charge is 2.32. The minimum Gasteiger partial charge on any atom is -0.331 e. The average Bonchev–Trinajstić information content (AvgIpc) is 2.97. The third kappa shape index (κ3) is 3.10. The van der Waals surface area contributed by atoms with Gasteiger partial charge in [-0.25, -0.2) is 13.8 Å². The summed E-state index contributed by atoms with van der Waals surface area (Å²) in [5.41, 5.74) is 1.16. The number of carbonyl (C=O) groups excluding carboxylic acids is 1. The molecule has 1 aromatic heterocycles. The van der Waals surface area contributed by atoms with E-state index in [1.165, 1.54) is 23.5 Å². The first-order valence-electron chi connectivity index (χ1n) is 7.68. The number of carbonyl (C=O) groups is 1. The first-order chi connectivity index (χ1) is 12.1. The molecule has 0 bridgehead atoms. The molecule has 1 aliphatic heterocycles. The number of benzene rings is 2. The Balaban J connectivity index is 1.71. The maximum absolute atomic E-state index is 14.2. The van der Waals surface area contributed by atoms with Crippen molar-refractivity contribution in [3.63, 3.8) is 0 Å². The summed E-state index contributed by atoms with van der Waals surface area (Å²) < 4.78 is 27.4. The fourth-order valence-electron chi connectivity index (χ4n) is 2.85. The Morgan fingerprint density at radius 1 is 1.16 bits per heavy atom. The third-order valence-electron chi connectivity index (χ3n) is 3.98. The molecule has 3 aromatic rings. The number of para-hydroxylation sites is 1. The molecule has 0 spiro atoms. The van der Waals surface area contributed by atoms with Crippen LogP contribution in [0.15, 0.2) is 48.5 Å². The monoisotopic (exact) mass is 357 g/mol. The molecule has 0 aliphatic carbocycles. The normalized spacial score (nSPS) is 16.2. The number of anilines is 3. The van der Waals surface area contributed by atoms with E-state index in [0.29, 0.717) is 16.5 Å². The summed E-state index contributed by atoms with van der Waals surface area (Å²) in [5, 5.41) is 6.50. The molecule has 25 heavy (non-hydrogen) atoms. The maximum Gasteiger partial charge on any atom is 0.226 e. The van der Waals surface area contributed by atoms with Crippen LogP contribution in [-0.4, -0.2) is 10.9 Å². The van der Waals surface area contributed by atoms with Crippen LogP contribution in [0.25, 0.3) is 0 Å². The van der Waals surface area contributed by atoms with Crippen molar-refractivity contribution >= 4 is 33.9 Å². The van der Waals surface area contributed by atoms with Gasteiger partial charge in [-0.1, -0.05) is 35.6 Å². The van der Waals surface area contributed by atoms with Gasteiger partial charge in [-0.3, -0.25) is 4.79 Å². The third-order valence-corrected chi connectivity index (χ3v) is 5.06. The molecule has 1 amide bonds. The van der Waals surface area contributed by atoms with Gasteiger partial charge in [0.1, 0.15) is 17.5 Å². The quantitative estimate of drug-likeness (QED) is 0.718. The summed E-state index contributed by atoms with van der Waals surface area (Å²) in [6, 6.07) is 12.9. The van der Waals surface area contributed by atoms with Crippen LogP contribution >= 0.6 is 11.3 Å². The molecular formula is C18H13F2N3OS. The number of halogens is 2. The highest BCUT2D eigenvalue weighted by atomic mass is 32.1. The van der Waals surface area contributed by atoms with Crippen LogP contribution < -0.4 is 10.6 Å². The minimum absolute atomic E-state index is 0.0997. The molecular weight excluding hydrogens is 344 g/mol. The molecule has 4 rings (SSSR count). The standard InChI is InChI=1S/C18H13F2N3OS/c19-10-6-7-12(14(20)8-10)13-9-15(24)22-17-16(13)25-18(23-17)21-11-4-2-1-3-5-11/h1-8,13H,9H2,(H,21,23)(H,22,24). The smallest absolute Gasteiger partial charge is 0.226 e. The lowest BCUT2D eigenvalue weighted by Gasteiger charge is -2.21. The van der Waals surface area contributed by atoms with Crippen molar-refractivity contribution in [2.45, 2.75) is 12.3 Å². The van der Waals surface area contributed by atoms with Crippen molar-refractivity contribution in [2.75, 3.05) is 10.6 Å². The summed E-state index contributed by atoms with van der Waals surface area (Å²) in [6.45, 7) is 0. The molecule has 0 saturated carbocycles. The zero-order chi connectivity index (χ0) is 17.4. The first kappa shape index (κ1) is 15.7. The van der Waals surface area contributed by atoms with Crippen molar-refractivity contribution in [2.24, 2.45) is 0 Å². The Kier molecular flexibility index (Phi) is 3.93. The summed E-state index contributed by atoms with van der Waals surface area (Å²) in [4.78, 5) is 17.1. The number of thiazole rings is 1. The Hall–Kier alpha value is -2.80. The molecule has 7 heteroatoms. The van der Waals surface area contributed by atoms with Gasteiger partial charge in [-0.15, -0.1) is 0 Å². The molecule has 2 heterocycles. The van der Waals surface area contributed by atoms with E-state index in [-0.39, 0.29) is 12.3 Å². The van der Waals surface area contributed by atoms with Gasteiger partial charge in [0.2, 0.25) is 5.91 Å². The Morgan fingerprint density at radius 3 is 2.72 bits per heavy atom. The molecule has 2 N–H and O–H groups in total. The summed E-state index contributed by atoms with van der Waals surface area (Å²) in [5.74, 6) is -1.59. The number of hydrogen-bond acceptors (Lipinski definition) is 4. The number of aromatic nitrogens is 1. The molecule has 1 unspecified atom stereocenters. The minimum atomic E-state index is -0.656. The Bertz CT molecular complexity index is 943. The van der Waals surface area contributed by atoms with Gasteiger partial charge in [-0.05, 0) is 23.8 Å². The predicted octanol–water partition coefficient (Wildman–Crippen LogP) is 4.64. The van der Waals surface area contributed by atoms with Crippen LogP contribution in [-0.2, 0) is 4.79 Å². The second-order valence-corrected chi connectivity index (χ2v) is 6.72. The van der Waals surface area contributed by atoms with Gasteiger partial charge in [0.15, 0.2) is 5.13 Å². The van der Waals surface area contributed by atoms with Gasteiger partial charge >= 0.3 is 0 Å². The molecule has 0 saturated heterocycles. The molecule has 2 aromatic carbocycles. The zero-order valence-corrected chi connectivity index (χ0v) is 13.7. The Labute approximate surface area is 146 Å². The summed E-state index contributed by atoms with van der Waals surface area (Å²) >= 11 is 1.35. The summed E-state index contributed by atoms with van der Waals surface area (Å²) in [6.07, 6.45) is 0.0997. The van der Waals surface area contributed by atoms with Crippen LogP contribution in [0.1, 0.15) is 22.8 Å². The van der Waals surface area contributed by atoms with Crippen LogP contribution in [0.4, 0.5) is 25.4 Å². The highest BCUT2D eigenvalue weighted by molar-refractivity contribution is 7.16. The second kappa shape index (κ2) is 6.25. The van der Waals surface area contributed by atoms with E-state index in [1.54, 1.807) is 0 Å². The van der Waals surface area contributed by atoms with Crippen molar-refractivity contribution in [1.29, 1.82) is 0 Å². The van der Waals surface area contributed by atoms with Gasteiger partial charge < -0.3 is 10.6 Å². The van der Waals surface area contributed by atoms with E-state index >= 15 is 0 Å². The van der Waals surface area contributed by atoms with E-state index < -0.39 is 17.6 Å². The molecule has 1 atom stereocenters. The van der Waals surface area contributed by atoms with E-state index in [0.717, 1.165) is 16.6 Å². The van der Waals surface area contributed by atoms with Gasteiger partial charge in [0.25, 0.3) is 0 Å². The van der Waals surface area contributed by atoms with Crippen LogP contribution in [0.3, 0.4) is 0 Å². The number of fused-ring (bicyclic) bond motifs is 1. The second-order valence-electron chi connectivity index (χ2n) is 5.69. The molecule has 4 nitrogen and oxygen atoms in total. The molecule has 1 aliphatic rings. The fourth-order valence-corrected chi connectivity index (χ4v) is 3.91. The van der Waals surface area contributed by atoms with E-state index in [1.807, 2.05) is 30.3 Å². The van der Waals surface area contributed by atoms with Crippen LogP contribution in [0.5, 0.6) is 0 Å². The predicted molar refractivity (Wildman–Crippen MR) is 93.3 cm³/mol. The topological polar surface area (TPSA) is 54.0 Å².